The molecule has 0 aromatic heterocycles. The zero-order chi connectivity index (χ0) is 20.6. The van der Waals surface area contributed by atoms with Crippen molar-refractivity contribution in [3.8, 4) is 5.75 Å². The molecule has 1 atom stereocenters. The molecule has 2 aromatic rings. The fourth-order valence-corrected chi connectivity index (χ4v) is 3.56. The van der Waals surface area contributed by atoms with E-state index in [-0.39, 0.29) is 10.7 Å². The average Bonchev–Trinajstić information content (AvgIpc) is 2.89. The van der Waals surface area contributed by atoms with Crippen LogP contribution in [0.2, 0.25) is 10.0 Å². The van der Waals surface area contributed by atoms with Crippen LogP contribution < -0.4 is 5.01 Å². The number of hydrogen-bond donors (Lipinski definition) is 2. The number of carbonyl (C=O) groups excluding carboxylic acids is 1. The van der Waals surface area contributed by atoms with E-state index in [0.717, 1.165) is 17.1 Å². The molecule has 3 rings (SSSR count). The number of benzene rings is 2. The van der Waals surface area contributed by atoms with Crippen LogP contribution in [0.25, 0.3) is 0 Å². The Labute approximate surface area is 169 Å². The highest BCUT2D eigenvalue weighted by atomic mass is 35.5. The van der Waals surface area contributed by atoms with Crippen LogP contribution >= 0.6 is 23.2 Å². The van der Waals surface area contributed by atoms with Crippen molar-refractivity contribution >= 4 is 56.3 Å². The summed E-state index contributed by atoms with van der Waals surface area (Å²) in [6, 6.07) is 7.49. The van der Waals surface area contributed by atoms with Gasteiger partial charge in [-0.2, -0.15) is 28.8 Å². The van der Waals surface area contributed by atoms with E-state index in [1.54, 1.807) is 31.2 Å². The number of carbonyl (C=O) groups is 1. The van der Waals surface area contributed by atoms with Gasteiger partial charge in [-0.3, -0.25) is 9.35 Å². The molecule has 0 bridgehead atoms. The maximum atomic E-state index is 12.6. The highest BCUT2D eigenvalue weighted by molar-refractivity contribution is 7.86. The van der Waals surface area contributed by atoms with E-state index < -0.39 is 32.7 Å². The minimum absolute atomic E-state index is 0.111. The van der Waals surface area contributed by atoms with E-state index in [1.807, 2.05) is 0 Å². The molecule has 0 radical (unpaired) electrons. The first-order valence-corrected chi connectivity index (χ1v) is 9.83. The van der Waals surface area contributed by atoms with Crippen LogP contribution in [-0.2, 0) is 14.9 Å². The highest BCUT2D eigenvalue weighted by Crippen LogP contribution is 2.37. The quantitative estimate of drug-likeness (QED) is 0.548. The van der Waals surface area contributed by atoms with E-state index in [4.69, 9.17) is 27.8 Å². The third kappa shape index (κ3) is 3.85. The van der Waals surface area contributed by atoms with Crippen LogP contribution in [0.1, 0.15) is 6.92 Å². The van der Waals surface area contributed by atoms with E-state index in [0.29, 0.717) is 16.4 Å². The molecule has 0 saturated heterocycles. The number of phenols is 1. The SMILES string of the molecule is CC1=NN(c2ccccc2Cl)C(=O)C1N=Nc1cc(Cl)cc(S(=O)(=O)O)c1O. The molecule has 12 heteroatoms. The number of para-hydroxylation sites is 1. The number of rotatable bonds is 4. The molecule has 1 unspecified atom stereocenters. The molecule has 146 valence electrons. The maximum absolute atomic E-state index is 12.6. The molecule has 0 aliphatic carbocycles. The molecule has 0 saturated carbocycles. The molecule has 2 aromatic carbocycles. The van der Waals surface area contributed by atoms with E-state index in [2.05, 4.69) is 15.3 Å². The first-order chi connectivity index (χ1) is 13.1. The van der Waals surface area contributed by atoms with Crippen LogP contribution in [0.3, 0.4) is 0 Å². The third-order valence-electron chi connectivity index (χ3n) is 3.76. The van der Waals surface area contributed by atoms with Crippen molar-refractivity contribution in [3.63, 3.8) is 0 Å². The topological polar surface area (TPSA) is 132 Å². The predicted octanol–water partition coefficient (Wildman–Crippen LogP) is 3.82. The Kier molecular flexibility index (Phi) is 5.39. The molecule has 0 fully saturated rings. The number of hydrogen-bond acceptors (Lipinski definition) is 7. The van der Waals surface area contributed by atoms with Crippen LogP contribution in [-0.4, -0.2) is 35.7 Å². The van der Waals surface area contributed by atoms with Crippen LogP contribution in [0, 0.1) is 0 Å². The van der Waals surface area contributed by atoms with Gasteiger partial charge in [-0.15, -0.1) is 0 Å². The van der Waals surface area contributed by atoms with Crippen molar-refractivity contribution in [2.75, 3.05) is 5.01 Å². The van der Waals surface area contributed by atoms with Crippen molar-refractivity contribution in [2.45, 2.75) is 17.9 Å². The number of nitrogens with zero attached hydrogens (tertiary/aromatic N) is 4. The maximum Gasteiger partial charge on any atom is 0.298 e. The number of halogens is 2. The molecule has 1 aliphatic heterocycles. The Bertz CT molecular complexity index is 1130. The molecule has 1 aliphatic rings. The van der Waals surface area contributed by atoms with Crippen LogP contribution in [0.4, 0.5) is 11.4 Å². The number of azo groups is 1. The molecular weight excluding hydrogens is 431 g/mol. The summed E-state index contributed by atoms with van der Waals surface area (Å²) < 4.78 is 31.8. The summed E-state index contributed by atoms with van der Waals surface area (Å²) in [7, 11) is -4.74. The fourth-order valence-electron chi connectivity index (χ4n) is 2.44. The van der Waals surface area contributed by atoms with E-state index >= 15 is 0 Å². The smallest absolute Gasteiger partial charge is 0.298 e. The Morgan fingerprint density at radius 3 is 2.54 bits per heavy atom. The van der Waals surface area contributed by atoms with Gasteiger partial charge in [0.15, 0.2) is 11.8 Å². The minimum Gasteiger partial charge on any atom is -0.504 e. The number of phenolic OH excluding ortho intramolecular Hbond substituents is 1. The van der Waals surface area contributed by atoms with Gasteiger partial charge in [0.1, 0.15) is 10.6 Å². The predicted molar refractivity (Wildman–Crippen MR) is 103 cm³/mol. The second-order valence-electron chi connectivity index (χ2n) is 5.71. The Hall–Kier alpha value is -2.53. The summed E-state index contributed by atoms with van der Waals surface area (Å²) in [6.07, 6.45) is 0. The molecule has 2 N–H and O–H groups in total. The summed E-state index contributed by atoms with van der Waals surface area (Å²) in [4.78, 5) is 11.8. The first kappa shape index (κ1) is 20.2. The van der Waals surface area contributed by atoms with Gasteiger partial charge in [0.25, 0.3) is 16.0 Å². The lowest BCUT2D eigenvalue weighted by molar-refractivity contribution is -0.117. The fraction of sp³-hybridized carbons (Fsp3) is 0.125. The normalized spacial score (nSPS) is 17.4. The number of amides is 1. The number of aromatic hydroxyl groups is 1. The van der Waals surface area contributed by atoms with Gasteiger partial charge in [0.05, 0.1) is 16.4 Å². The van der Waals surface area contributed by atoms with Gasteiger partial charge in [-0.25, -0.2) is 0 Å². The molecule has 0 spiro atoms. The lowest BCUT2D eigenvalue weighted by Gasteiger charge is -2.13. The molecule has 1 amide bonds. The van der Waals surface area contributed by atoms with Crippen molar-refractivity contribution in [2.24, 2.45) is 15.3 Å². The van der Waals surface area contributed by atoms with E-state index in [1.165, 1.54) is 0 Å². The Morgan fingerprint density at radius 2 is 1.89 bits per heavy atom. The third-order valence-corrected chi connectivity index (χ3v) is 5.16. The van der Waals surface area contributed by atoms with Crippen LogP contribution in [0.5, 0.6) is 5.75 Å². The highest BCUT2D eigenvalue weighted by Gasteiger charge is 2.35. The molecule has 28 heavy (non-hydrogen) atoms. The van der Waals surface area contributed by atoms with Gasteiger partial charge in [0, 0.05) is 5.02 Å². The second kappa shape index (κ2) is 7.47. The standard InChI is InChI=1S/C16H12Cl2N4O5S/c1-8-14(16(24)22(21-8)12-5-3-2-4-10(12)18)20-19-11-6-9(17)7-13(15(11)23)28(25,26)27/h2-7,14,23H,1H3,(H,25,26,27). The van der Waals surface area contributed by atoms with Crippen LogP contribution in [0.15, 0.2) is 56.6 Å². The zero-order valence-corrected chi connectivity index (χ0v) is 16.4. The van der Waals surface area contributed by atoms with Gasteiger partial charge in [-0.1, -0.05) is 35.3 Å². The molecule has 9 nitrogen and oxygen atoms in total. The summed E-state index contributed by atoms with van der Waals surface area (Å²) in [5.41, 5.74) is 0.340. The van der Waals surface area contributed by atoms with Crippen molar-refractivity contribution in [3.05, 3.63) is 46.4 Å². The minimum atomic E-state index is -4.74. The zero-order valence-electron chi connectivity index (χ0n) is 14.1. The summed E-state index contributed by atoms with van der Waals surface area (Å²) in [5, 5.41) is 23.0. The first-order valence-electron chi connectivity index (χ1n) is 7.64. The number of anilines is 1. The average molecular weight is 443 g/mol. The second-order valence-corrected chi connectivity index (χ2v) is 7.94. The lowest BCUT2D eigenvalue weighted by Crippen LogP contribution is -2.29. The Morgan fingerprint density at radius 1 is 1.21 bits per heavy atom. The Balaban J connectivity index is 1.94. The van der Waals surface area contributed by atoms with Crippen molar-refractivity contribution in [1.29, 1.82) is 0 Å². The van der Waals surface area contributed by atoms with Gasteiger partial charge < -0.3 is 5.11 Å². The molecular formula is C16H12Cl2N4O5S. The van der Waals surface area contributed by atoms with Crippen molar-refractivity contribution in [1.82, 2.24) is 0 Å². The van der Waals surface area contributed by atoms with Gasteiger partial charge >= 0.3 is 0 Å². The van der Waals surface area contributed by atoms with Crippen molar-refractivity contribution < 1.29 is 22.9 Å². The summed E-state index contributed by atoms with van der Waals surface area (Å²) in [6.45, 7) is 1.56. The summed E-state index contributed by atoms with van der Waals surface area (Å²) in [5.74, 6) is -1.38. The number of hydrazone groups is 1. The van der Waals surface area contributed by atoms with E-state index in [9.17, 15) is 18.3 Å². The largest absolute Gasteiger partial charge is 0.504 e. The molecule has 1 heterocycles. The lowest BCUT2D eigenvalue weighted by atomic mass is 10.2. The summed E-state index contributed by atoms with van der Waals surface area (Å²) >= 11 is 11.9. The monoisotopic (exact) mass is 442 g/mol. The van der Waals surface area contributed by atoms with Gasteiger partial charge in [0.2, 0.25) is 0 Å². The van der Waals surface area contributed by atoms with Gasteiger partial charge in [-0.05, 0) is 31.2 Å².